The quantitative estimate of drug-likeness (QED) is 0.728. The fourth-order valence-corrected chi connectivity index (χ4v) is 2.39. The van der Waals surface area contributed by atoms with Gasteiger partial charge in [-0.2, -0.15) is 5.21 Å². The largest absolute Gasteiger partial charge is 0.322 e. The van der Waals surface area contributed by atoms with Crippen molar-refractivity contribution in [1.29, 1.82) is 0 Å². The Morgan fingerprint density at radius 2 is 1.83 bits per heavy atom. The fraction of sp³-hybridized carbons (Fsp3) is 0.222. The van der Waals surface area contributed by atoms with Crippen molar-refractivity contribution >= 4 is 11.6 Å². The average molecular weight is 321 g/mol. The number of nitrogens with one attached hydrogen (secondary N) is 2. The third-order valence-electron chi connectivity index (χ3n) is 3.78. The highest BCUT2D eigenvalue weighted by atomic mass is 16.1. The summed E-state index contributed by atoms with van der Waals surface area (Å²) in [5.74, 6) is 0.362. The zero-order chi connectivity index (χ0) is 16.8. The molecular weight excluding hydrogens is 302 g/mol. The van der Waals surface area contributed by atoms with Crippen molar-refractivity contribution in [1.82, 2.24) is 20.6 Å². The summed E-state index contributed by atoms with van der Waals surface area (Å²) in [5, 5.41) is 16.7. The zero-order valence-electron chi connectivity index (χ0n) is 13.5. The van der Waals surface area contributed by atoms with E-state index in [0.29, 0.717) is 11.4 Å². The standard InChI is InChI=1S/C18H19N5O/c1-2-3-4-13-5-11-16(12-6-13)19-18(24)15-9-7-14(8-10-15)17-20-22-23-21-17/h5-12H,2-4H2,1H3,(H,19,24)(H,20,21,22,23). The molecule has 0 aliphatic rings. The van der Waals surface area contributed by atoms with Gasteiger partial charge in [0.25, 0.3) is 5.91 Å². The molecule has 122 valence electrons. The van der Waals surface area contributed by atoms with E-state index in [1.54, 1.807) is 24.3 Å². The van der Waals surface area contributed by atoms with Gasteiger partial charge in [0, 0.05) is 16.8 Å². The molecule has 1 aromatic heterocycles. The van der Waals surface area contributed by atoms with Crippen LogP contribution in [0.5, 0.6) is 0 Å². The molecule has 24 heavy (non-hydrogen) atoms. The molecule has 2 aromatic carbocycles. The second kappa shape index (κ2) is 7.50. The number of aromatic amines is 1. The summed E-state index contributed by atoms with van der Waals surface area (Å²) in [6, 6.07) is 15.1. The SMILES string of the molecule is CCCCc1ccc(NC(=O)c2ccc(-c3nn[nH]n3)cc2)cc1. The molecule has 0 aliphatic carbocycles. The van der Waals surface area contributed by atoms with Gasteiger partial charge in [-0.05, 0) is 47.9 Å². The molecule has 3 aromatic rings. The molecule has 1 heterocycles. The van der Waals surface area contributed by atoms with Crippen molar-refractivity contribution in [2.24, 2.45) is 0 Å². The summed E-state index contributed by atoms with van der Waals surface area (Å²) in [6.07, 6.45) is 3.43. The number of carbonyl (C=O) groups is 1. The monoisotopic (exact) mass is 321 g/mol. The van der Waals surface area contributed by atoms with Crippen LogP contribution in [-0.4, -0.2) is 26.5 Å². The minimum atomic E-state index is -0.143. The van der Waals surface area contributed by atoms with Gasteiger partial charge in [-0.1, -0.05) is 37.6 Å². The number of benzene rings is 2. The van der Waals surface area contributed by atoms with Crippen molar-refractivity contribution in [2.75, 3.05) is 5.32 Å². The highest BCUT2D eigenvalue weighted by molar-refractivity contribution is 6.04. The lowest BCUT2D eigenvalue weighted by Crippen LogP contribution is -2.11. The van der Waals surface area contributed by atoms with Gasteiger partial charge < -0.3 is 5.32 Å². The van der Waals surface area contributed by atoms with Crippen LogP contribution in [0.4, 0.5) is 5.69 Å². The number of anilines is 1. The Hall–Kier alpha value is -3.02. The number of amides is 1. The van der Waals surface area contributed by atoms with E-state index in [4.69, 9.17) is 0 Å². The zero-order valence-corrected chi connectivity index (χ0v) is 13.5. The van der Waals surface area contributed by atoms with Gasteiger partial charge in [-0.3, -0.25) is 4.79 Å². The Kier molecular flexibility index (Phi) is 4.96. The Labute approximate surface area is 140 Å². The predicted octanol–water partition coefficient (Wildman–Crippen LogP) is 3.46. The van der Waals surface area contributed by atoms with E-state index < -0.39 is 0 Å². The first-order valence-corrected chi connectivity index (χ1v) is 8.00. The van der Waals surface area contributed by atoms with Gasteiger partial charge in [0.15, 0.2) is 0 Å². The number of H-pyrrole nitrogens is 1. The molecule has 0 radical (unpaired) electrons. The van der Waals surface area contributed by atoms with Gasteiger partial charge >= 0.3 is 0 Å². The molecule has 0 fully saturated rings. The number of nitrogens with zero attached hydrogens (tertiary/aromatic N) is 3. The van der Waals surface area contributed by atoms with Crippen LogP contribution in [0.2, 0.25) is 0 Å². The molecule has 0 saturated heterocycles. The van der Waals surface area contributed by atoms with Crippen LogP contribution < -0.4 is 5.32 Å². The van der Waals surface area contributed by atoms with Crippen LogP contribution in [0.3, 0.4) is 0 Å². The molecular formula is C18H19N5O. The highest BCUT2D eigenvalue weighted by Crippen LogP contribution is 2.16. The molecule has 6 heteroatoms. The predicted molar refractivity (Wildman–Crippen MR) is 92.6 cm³/mol. The number of tetrazole rings is 1. The van der Waals surface area contributed by atoms with Gasteiger partial charge in [-0.15, -0.1) is 10.2 Å². The number of aromatic nitrogens is 4. The van der Waals surface area contributed by atoms with E-state index in [9.17, 15) is 4.79 Å². The van der Waals surface area contributed by atoms with Crippen LogP contribution in [0.15, 0.2) is 48.5 Å². The summed E-state index contributed by atoms with van der Waals surface area (Å²) >= 11 is 0. The maximum Gasteiger partial charge on any atom is 0.255 e. The molecule has 0 bridgehead atoms. The minimum absolute atomic E-state index is 0.143. The van der Waals surface area contributed by atoms with Gasteiger partial charge in [0.2, 0.25) is 5.82 Å². The summed E-state index contributed by atoms with van der Waals surface area (Å²) in [7, 11) is 0. The third-order valence-corrected chi connectivity index (χ3v) is 3.78. The van der Waals surface area contributed by atoms with Gasteiger partial charge in [0.05, 0.1) is 0 Å². The maximum atomic E-state index is 12.3. The van der Waals surface area contributed by atoms with E-state index in [0.717, 1.165) is 17.7 Å². The Morgan fingerprint density at radius 3 is 2.46 bits per heavy atom. The Bertz CT molecular complexity index is 779. The minimum Gasteiger partial charge on any atom is -0.322 e. The van der Waals surface area contributed by atoms with Gasteiger partial charge in [0.1, 0.15) is 0 Å². The van der Waals surface area contributed by atoms with E-state index in [-0.39, 0.29) is 5.91 Å². The number of unbranched alkanes of at least 4 members (excludes halogenated alkanes) is 1. The van der Waals surface area contributed by atoms with Crippen LogP contribution in [0.25, 0.3) is 11.4 Å². The molecule has 2 N–H and O–H groups in total. The first kappa shape index (κ1) is 15.9. The van der Waals surface area contributed by atoms with Crippen molar-refractivity contribution in [3.63, 3.8) is 0 Å². The molecule has 6 nitrogen and oxygen atoms in total. The lowest BCUT2D eigenvalue weighted by atomic mass is 10.1. The summed E-state index contributed by atoms with van der Waals surface area (Å²) < 4.78 is 0. The smallest absolute Gasteiger partial charge is 0.255 e. The van der Waals surface area contributed by atoms with Crippen LogP contribution in [-0.2, 0) is 6.42 Å². The number of carbonyl (C=O) groups excluding carboxylic acids is 1. The van der Waals surface area contributed by atoms with Crippen molar-refractivity contribution < 1.29 is 4.79 Å². The Morgan fingerprint density at radius 1 is 1.08 bits per heavy atom. The van der Waals surface area contributed by atoms with E-state index >= 15 is 0 Å². The maximum absolute atomic E-state index is 12.3. The number of aryl methyl sites for hydroxylation is 1. The summed E-state index contributed by atoms with van der Waals surface area (Å²) in [4.78, 5) is 12.3. The first-order valence-electron chi connectivity index (χ1n) is 8.00. The summed E-state index contributed by atoms with van der Waals surface area (Å²) in [5.41, 5.74) is 3.47. The fourth-order valence-electron chi connectivity index (χ4n) is 2.39. The molecule has 0 saturated carbocycles. The van der Waals surface area contributed by atoms with Crippen molar-refractivity contribution in [2.45, 2.75) is 26.2 Å². The highest BCUT2D eigenvalue weighted by Gasteiger charge is 2.08. The molecule has 0 unspecified atom stereocenters. The lowest BCUT2D eigenvalue weighted by Gasteiger charge is -2.07. The second-order valence-corrected chi connectivity index (χ2v) is 5.57. The van der Waals surface area contributed by atoms with Crippen molar-refractivity contribution in [3.05, 3.63) is 59.7 Å². The molecule has 3 rings (SSSR count). The average Bonchev–Trinajstić information content (AvgIpc) is 3.16. The van der Waals surface area contributed by atoms with Gasteiger partial charge in [-0.25, -0.2) is 0 Å². The third kappa shape index (κ3) is 3.84. The topological polar surface area (TPSA) is 83.6 Å². The van der Waals surface area contributed by atoms with Crippen LogP contribution in [0, 0.1) is 0 Å². The molecule has 0 spiro atoms. The second-order valence-electron chi connectivity index (χ2n) is 5.57. The van der Waals surface area contributed by atoms with E-state index in [1.807, 2.05) is 12.1 Å². The summed E-state index contributed by atoms with van der Waals surface area (Å²) in [6.45, 7) is 2.18. The van der Waals surface area contributed by atoms with Crippen LogP contribution in [0.1, 0.15) is 35.7 Å². The lowest BCUT2D eigenvalue weighted by molar-refractivity contribution is 0.102. The Balaban J connectivity index is 1.64. The first-order chi connectivity index (χ1) is 11.8. The van der Waals surface area contributed by atoms with E-state index in [1.165, 1.54) is 18.4 Å². The van der Waals surface area contributed by atoms with Crippen LogP contribution >= 0.6 is 0 Å². The molecule has 0 aliphatic heterocycles. The van der Waals surface area contributed by atoms with E-state index in [2.05, 4.69) is 45.0 Å². The number of hydrogen-bond acceptors (Lipinski definition) is 4. The number of hydrogen-bond donors (Lipinski definition) is 2. The molecule has 0 atom stereocenters. The number of rotatable bonds is 6. The van der Waals surface area contributed by atoms with Crippen molar-refractivity contribution in [3.8, 4) is 11.4 Å². The molecule has 1 amide bonds. The normalized spacial score (nSPS) is 10.5.